The Morgan fingerprint density at radius 3 is 2.86 bits per heavy atom. The second-order valence-electron chi connectivity index (χ2n) is 6.60. The van der Waals surface area contributed by atoms with Crippen LogP contribution in [0.3, 0.4) is 0 Å². The van der Waals surface area contributed by atoms with Gasteiger partial charge in [0, 0.05) is 53.4 Å². The molecule has 2 aromatic rings. The zero-order valence-electron chi connectivity index (χ0n) is 17.7. The fraction of sp³-hybridized carbons (Fsp3) is 0.550. The summed E-state index contributed by atoms with van der Waals surface area (Å²) in [5, 5.41) is 11.4. The van der Waals surface area contributed by atoms with Gasteiger partial charge in [0.1, 0.15) is 12.2 Å². The molecule has 0 atom stereocenters. The Kier molecular flexibility index (Phi) is 9.36. The van der Waals surface area contributed by atoms with Gasteiger partial charge in [0.15, 0.2) is 17.5 Å². The number of rotatable bonds is 11. The summed E-state index contributed by atoms with van der Waals surface area (Å²) in [6.07, 6.45) is 3.40. The fourth-order valence-electron chi connectivity index (χ4n) is 2.89. The molecule has 0 saturated heterocycles. The maximum absolute atomic E-state index is 14.0. The largest absolute Gasteiger partial charge is 0.494 e. The predicted molar refractivity (Wildman–Crippen MR) is 111 cm³/mol. The number of aryl methyl sites for hydroxylation is 1. The monoisotopic (exact) mass is 406 g/mol. The van der Waals surface area contributed by atoms with Crippen LogP contribution in [-0.4, -0.2) is 66.6 Å². The van der Waals surface area contributed by atoms with Crippen LogP contribution in [0.5, 0.6) is 5.75 Å². The molecule has 1 aromatic carbocycles. The van der Waals surface area contributed by atoms with E-state index < -0.39 is 0 Å². The molecule has 0 unspecified atom stereocenters. The normalized spacial score (nSPS) is 11.6. The molecule has 1 N–H and O–H groups in total. The van der Waals surface area contributed by atoms with E-state index in [-0.39, 0.29) is 11.6 Å². The van der Waals surface area contributed by atoms with Crippen molar-refractivity contribution in [2.75, 3.05) is 41.0 Å². The topological polar surface area (TPSA) is 76.8 Å². The molecule has 0 bridgehead atoms. The first kappa shape index (κ1) is 22.6. The lowest BCUT2D eigenvalue weighted by Gasteiger charge is -2.23. The minimum Gasteiger partial charge on any atom is -0.494 e. The van der Waals surface area contributed by atoms with E-state index in [1.54, 1.807) is 19.5 Å². The Labute approximate surface area is 171 Å². The van der Waals surface area contributed by atoms with Crippen molar-refractivity contribution in [1.29, 1.82) is 0 Å². The van der Waals surface area contributed by atoms with Gasteiger partial charge in [-0.15, -0.1) is 10.2 Å². The molecule has 29 heavy (non-hydrogen) atoms. The van der Waals surface area contributed by atoms with E-state index in [0.717, 1.165) is 36.7 Å². The summed E-state index contributed by atoms with van der Waals surface area (Å²) in [6.45, 7) is 5.28. The Morgan fingerprint density at radius 1 is 1.34 bits per heavy atom. The smallest absolute Gasteiger partial charge is 0.194 e. The molecule has 0 aliphatic heterocycles. The molecule has 0 spiro atoms. The summed E-state index contributed by atoms with van der Waals surface area (Å²) >= 11 is 0. The van der Waals surface area contributed by atoms with Gasteiger partial charge >= 0.3 is 0 Å². The number of benzene rings is 1. The molecule has 1 aromatic heterocycles. The number of nitrogens with one attached hydrogen (secondary N) is 1. The van der Waals surface area contributed by atoms with Crippen LogP contribution in [0.15, 0.2) is 29.5 Å². The summed E-state index contributed by atoms with van der Waals surface area (Å²) in [6, 6.07) is 4.98. The quantitative estimate of drug-likeness (QED) is 0.350. The van der Waals surface area contributed by atoms with E-state index in [2.05, 4.69) is 27.4 Å². The maximum Gasteiger partial charge on any atom is 0.194 e. The lowest BCUT2D eigenvalue weighted by Crippen LogP contribution is -2.40. The van der Waals surface area contributed by atoms with Crippen molar-refractivity contribution in [1.82, 2.24) is 25.0 Å². The van der Waals surface area contributed by atoms with Crippen molar-refractivity contribution < 1.29 is 13.9 Å². The van der Waals surface area contributed by atoms with Gasteiger partial charge in [0.25, 0.3) is 0 Å². The summed E-state index contributed by atoms with van der Waals surface area (Å²) in [4.78, 5) is 6.64. The van der Waals surface area contributed by atoms with Crippen LogP contribution in [0, 0.1) is 5.82 Å². The van der Waals surface area contributed by atoms with E-state index in [0.29, 0.717) is 26.2 Å². The van der Waals surface area contributed by atoms with Crippen molar-refractivity contribution in [3.05, 3.63) is 41.7 Å². The summed E-state index contributed by atoms with van der Waals surface area (Å²) in [5.41, 5.74) is 0.837. The molecule has 1 heterocycles. The minimum absolute atomic E-state index is 0.239. The molecule has 0 aliphatic carbocycles. The Balaban J connectivity index is 2.00. The third-order valence-corrected chi connectivity index (χ3v) is 4.41. The van der Waals surface area contributed by atoms with E-state index in [1.165, 1.54) is 13.2 Å². The average molecular weight is 407 g/mol. The second-order valence-corrected chi connectivity index (χ2v) is 6.60. The van der Waals surface area contributed by atoms with E-state index in [9.17, 15) is 4.39 Å². The molecule has 0 radical (unpaired) electrons. The van der Waals surface area contributed by atoms with Crippen LogP contribution in [0.4, 0.5) is 4.39 Å². The Morgan fingerprint density at radius 2 is 2.17 bits per heavy atom. The summed E-state index contributed by atoms with van der Waals surface area (Å²) < 4.78 is 26.1. The van der Waals surface area contributed by atoms with Crippen molar-refractivity contribution >= 4 is 5.96 Å². The molecule has 9 heteroatoms. The zero-order valence-corrected chi connectivity index (χ0v) is 17.7. The molecule has 0 aliphatic rings. The molecule has 0 amide bonds. The van der Waals surface area contributed by atoms with Crippen LogP contribution in [0.2, 0.25) is 0 Å². The van der Waals surface area contributed by atoms with Gasteiger partial charge in [0.05, 0.1) is 7.11 Å². The number of aliphatic imine (C=N–C) groups is 1. The molecule has 160 valence electrons. The van der Waals surface area contributed by atoms with Crippen LogP contribution >= 0.6 is 0 Å². The van der Waals surface area contributed by atoms with Crippen molar-refractivity contribution in [2.45, 2.75) is 32.9 Å². The van der Waals surface area contributed by atoms with Crippen molar-refractivity contribution in [2.24, 2.45) is 4.99 Å². The van der Waals surface area contributed by atoms with Crippen LogP contribution in [0.1, 0.15) is 24.7 Å². The third-order valence-electron chi connectivity index (χ3n) is 4.41. The van der Waals surface area contributed by atoms with E-state index >= 15 is 0 Å². The van der Waals surface area contributed by atoms with Crippen molar-refractivity contribution in [3.8, 4) is 5.75 Å². The first-order chi connectivity index (χ1) is 14.1. The van der Waals surface area contributed by atoms with Gasteiger partial charge in [-0.2, -0.15) is 0 Å². The highest BCUT2D eigenvalue weighted by Crippen LogP contribution is 2.18. The third kappa shape index (κ3) is 7.01. The average Bonchev–Trinajstić information content (AvgIpc) is 3.17. The first-order valence-corrected chi connectivity index (χ1v) is 9.76. The number of guanidine groups is 1. The zero-order chi connectivity index (χ0) is 21.1. The lowest BCUT2D eigenvalue weighted by atomic mass is 10.2. The molecule has 0 fully saturated rings. The number of hydrogen-bond donors (Lipinski definition) is 1. The van der Waals surface area contributed by atoms with Gasteiger partial charge in [-0.3, -0.25) is 4.99 Å². The van der Waals surface area contributed by atoms with Gasteiger partial charge in [-0.1, -0.05) is 13.0 Å². The number of halogens is 1. The maximum atomic E-state index is 14.0. The number of ether oxygens (including phenoxy) is 2. The summed E-state index contributed by atoms with van der Waals surface area (Å²) in [7, 11) is 5.07. The molecule has 8 nitrogen and oxygen atoms in total. The summed E-state index contributed by atoms with van der Waals surface area (Å²) in [5.74, 6) is 1.57. The van der Waals surface area contributed by atoms with Gasteiger partial charge < -0.3 is 24.3 Å². The predicted octanol–water partition coefficient (Wildman–Crippen LogP) is 2.10. The SMILES string of the molecule is CCc1nncn1CCNC(=NCCCOC)N(C)Cc1ccc(OC)c(F)c1. The molecular formula is C20H31FN6O2. The highest BCUT2D eigenvalue weighted by atomic mass is 19.1. The lowest BCUT2D eigenvalue weighted by molar-refractivity contribution is 0.197. The first-order valence-electron chi connectivity index (χ1n) is 9.76. The minimum atomic E-state index is -0.371. The van der Waals surface area contributed by atoms with Crippen LogP contribution in [0.25, 0.3) is 0 Å². The number of nitrogens with zero attached hydrogens (tertiary/aromatic N) is 5. The highest BCUT2D eigenvalue weighted by Gasteiger charge is 2.10. The number of aromatic nitrogens is 3. The highest BCUT2D eigenvalue weighted by molar-refractivity contribution is 5.79. The molecule has 2 rings (SSSR count). The fourth-order valence-corrected chi connectivity index (χ4v) is 2.89. The van der Waals surface area contributed by atoms with E-state index in [1.807, 2.05) is 22.6 Å². The Hall–Kier alpha value is -2.68. The van der Waals surface area contributed by atoms with Crippen LogP contribution in [-0.2, 0) is 24.2 Å². The standard InChI is InChI=1S/C20H31FN6O2/c1-5-19-25-24-15-27(19)11-10-23-20(22-9-6-12-28-3)26(2)14-16-7-8-18(29-4)17(21)13-16/h7-8,13,15H,5-6,9-12,14H2,1-4H3,(H,22,23). The molecule has 0 saturated carbocycles. The van der Waals surface area contributed by atoms with Gasteiger partial charge in [-0.25, -0.2) is 4.39 Å². The second kappa shape index (κ2) is 12.0. The number of hydrogen-bond acceptors (Lipinski definition) is 5. The van der Waals surface area contributed by atoms with Gasteiger partial charge in [0.2, 0.25) is 0 Å². The van der Waals surface area contributed by atoms with E-state index in [4.69, 9.17) is 9.47 Å². The van der Waals surface area contributed by atoms with Crippen LogP contribution < -0.4 is 10.1 Å². The Bertz CT molecular complexity index is 780. The molecular weight excluding hydrogens is 375 g/mol. The van der Waals surface area contributed by atoms with Gasteiger partial charge in [-0.05, 0) is 24.1 Å². The number of methoxy groups -OCH3 is 2. The van der Waals surface area contributed by atoms with Crippen molar-refractivity contribution in [3.63, 3.8) is 0 Å².